The van der Waals surface area contributed by atoms with E-state index in [1.807, 2.05) is 0 Å². The smallest absolute Gasteiger partial charge is 0.0159 e. The van der Waals surface area contributed by atoms with Gasteiger partial charge in [0.15, 0.2) is 0 Å². The molecule has 2 heteroatoms. The van der Waals surface area contributed by atoms with Crippen LogP contribution >= 0.6 is 0 Å². The number of hydrogen-bond acceptors (Lipinski definition) is 2. The first-order valence-electron chi connectivity index (χ1n) is 9.52. The molecule has 1 N–H and O–H groups in total. The summed E-state index contributed by atoms with van der Waals surface area (Å²) in [6.07, 6.45) is 9.90. The SMILES string of the molecule is CCCNC1C(CN(CC)CC2CCC2)CCCC1(C)C. The van der Waals surface area contributed by atoms with Gasteiger partial charge in [0.05, 0.1) is 0 Å². The van der Waals surface area contributed by atoms with E-state index in [4.69, 9.17) is 0 Å². The van der Waals surface area contributed by atoms with Crippen molar-refractivity contribution in [1.29, 1.82) is 0 Å². The molecule has 2 fully saturated rings. The van der Waals surface area contributed by atoms with Crippen LogP contribution in [0.5, 0.6) is 0 Å². The first-order chi connectivity index (χ1) is 10.1. The van der Waals surface area contributed by atoms with Gasteiger partial charge in [-0.15, -0.1) is 0 Å². The summed E-state index contributed by atoms with van der Waals surface area (Å²) >= 11 is 0. The summed E-state index contributed by atoms with van der Waals surface area (Å²) in [4.78, 5) is 2.75. The summed E-state index contributed by atoms with van der Waals surface area (Å²) < 4.78 is 0. The van der Waals surface area contributed by atoms with Gasteiger partial charge >= 0.3 is 0 Å². The molecule has 0 heterocycles. The highest BCUT2D eigenvalue weighted by Crippen LogP contribution is 2.39. The van der Waals surface area contributed by atoms with E-state index in [0.717, 1.165) is 11.8 Å². The molecular formula is C19H38N2. The van der Waals surface area contributed by atoms with Crippen LogP contribution in [0.3, 0.4) is 0 Å². The molecule has 0 saturated heterocycles. The van der Waals surface area contributed by atoms with Gasteiger partial charge < -0.3 is 10.2 Å². The zero-order valence-electron chi connectivity index (χ0n) is 15.0. The second kappa shape index (κ2) is 7.97. The van der Waals surface area contributed by atoms with Gasteiger partial charge in [0.2, 0.25) is 0 Å². The molecule has 0 aromatic rings. The average molecular weight is 295 g/mol. The van der Waals surface area contributed by atoms with Gasteiger partial charge in [0.25, 0.3) is 0 Å². The zero-order chi connectivity index (χ0) is 15.3. The molecule has 0 amide bonds. The van der Waals surface area contributed by atoms with Crippen LogP contribution in [0.25, 0.3) is 0 Å². The maximum Gasteiger partial charge on any atom is 0.0159 e. The second-order valence-corrected chi connectivity index (χ2v) is 8.22. The largest absolute Gasteiger partial charge is 0.313 e. The summed E-state index contributed by atoms with van der Waals surface area (Å²) in [7, 11) is 0. The maximum atomic E-state index is 3.90. The van der Waals surface area contributed by atoms with E-state index in [1.54, 1.807) is 0 Å². The van der Waals surface area contributed by atoms with Crippen molar-refractivity contribution in [2.75, 3.05) is 26.2 Å². The third-order valence-electron chi connectivity index (χ3n) is 6.00. The van der Waals surface area contributed by atoms with E-state index in [-0.39, 0.29) is 0 Å². The van der Waals surface area contributed by atoms with Crippen molar-refractivity contribution in [1.82, 2.24) is 10.2 Å². The standard InChI is InChI=1S/C19H38N2/c1-5-13-20-18-17(11-8-12-19(18,3)4)15-21(6-2)14-16-9-7-10-16/h16-18,20H,5-15H2,1-4H3. The highest BCUT2D eigenvalue weighted by Gasteiger charge is 2.39. The topological polar surface area (TPSA) is 15.3 Å². The average Bonchev–Trinajstić information content (AvgIpc) is 2.39. The van der Waals surface area contributed by atoms with Gasteiger partial charge in [-0.1, -0.05) is 40.5 Å². The molecule has 2 atom stereocenters. The maximum absolute atomic E-state index is 3.90. The van der Waals surface area contributed by atoms with E-state index >= 15 is 0 Å². The molecule has 0 radical (unpaired) electrons. The van der Waals surface area contributed by atoms with Crippen LogP contribution in [0, 0.1) is 17.3 Å². The molecule has 21 heavy (non-hydrogen) atoms. The van der Waals surface area contributed by atoms with E-state index in [1.165, 1.54) is 71.1 Å². The molecule has 0 aromatic heterocycles. The Labute approximate surface area is 133 Å². The first kappa shape index (κ1) is 17.3. The van der Waals surface area contributed by atoms with Crippen molar-refractivity contribution in [3.8, 4) is 0 Å². The number of hydrogen-bond donors (Lipinski definition) is 1. The quantitative estimate of drug-likeness (QED) is 0.718. The van der Waals surface area contributed by atoms with Gasteiger partial charge in [-0.05, 0) is 62.4 Å². The summed E-state index contributed by atoms with van der Waals surface area (Å²) in [5, 5.41) is 3.90. The third kappa shape index (κ3) is 4.69. The Morgan fingerprint density at radius 2 is 1.81 bits per heavy atom. The lowest BCUT2D eigenvalue weighted by Gasteiger charge is -2.46. The molecule has 0 bridgehead atoms. The lowest BCUT2D eigenvalue weighted by atomic mass is 9.67. The fraction of sp³-hybridized carbons (Fsp3) is 1.00. The minimum Gasteiger partial charge on any atom is -0.313 e. The first-order valence-corrected chi connectivity index (χ1v) is 9.52. The molecule has 2 rings (SSSR count). The Kier molecular flexibility index (Phi) is 6.55. The van der Waals surface area contributed by atoms with E-state index in [2.05, 4.69) is 37.9 Å². The minimum atomic E-state index is 0.466. The summed E-state index contributed by atoms with van der Waals surface area (Å²) in [6.45, 7) is 14.7. The van der Waals surface area contributed by atoms with Crippen LogP contribution in [0.15, 0.2) is 0 Å². The highest BCUT2D eigenvalue weighted by atomic mass is 15.1. The lowest BCUT2D eigenvalue weighted by molar-refractivity contribution is 0.0698. The van der Waals surface area contributed by atoms with Crippen molar-refractivity contribution in [3.05, 3.63) is 0 Å². The van der Waals surface area contributed by atoms with E-state index < -0.39 is 0 Å². The van der Waals surface area contributed by atoms with Crippen LogP contribution in [-0.2, 0) is 0 Å². The predicted molar refractivity (Wildman–Crippen MR) is 92.7 cm³/mol. The lowest BCUT2D eigenvalue weighted by Crippen LogP contribution is -2.53. The van der Waals surface area contributed by atoms with Crippen LogP contribution < -0.4 is 5.32 Å². The highest BCUT2D eigenvalue weighted by molar-refractivity contribution is 4.94. The monoisotopic (exact) mass is 294 g/mol. The Bertz CT molecular complexity index is 296. The van der Waals surface area contributed by atoms with Gasteiger partial charge in [-0.3, -0.25) is 0 Å². The van der Waals surface area contributed by atoms with Gasteiger partial charge in [0, 0.05) is 19.1 Å². The van der Waals surface area contributed by atoms with Gasteiger partial charge in [0.1, 0.15) is 0 Å². The van der Waals surface area contributed by atoms with Crippen LogP contribution in [0.2, 0.25) is 0 Å². The molecule has 0 aliphatic heterocycles. The van der Waals surface area contributed by atoms with Crippen LogP contribution in [-0.4, -0.2) is 37.1 Å². The zero-order valence-corrected chi connectivity index (χ0v) is 15.0. The van der Waals surface area contributed by atoms with Crippen LogP contribution in [0.1, 0.15) is 72.6 Å². The summed E-state index contributed by atoms with van der Waals surface area (Å²) in [5.74, 6) is 1.85. The number of nitrogens with one attached hydrogen (secondary N) is 1. The molecule has 2 aliphatic carbocycles. The van der Waals surface area contributed by atoms with Crippen molar-refractivity contribution < 1.29 is 0 Å². The van der Waals surface area contributed by atoms with Crippen molar-refractivity contribution in [2.45, 2.75) is 78.7 Å². The van der Waals surface area contributed by atoms with E-state index in [0.29, 0.717) is 11.5 Å². The molecule has 2 aliphatic rings. The summed E-state index contributed by atoms with van der Waals surface area (Å²) in [6, 6.07) is 0.710. The van der Waals surface area contributed by atoms with Gasteiger partial charge in [-0.25, -0.2) is 0 Å². The molecular weight excluding hydrogens is 256 g/mol. The number of nitrogens with zero attached hydrogens (tertiary/aromatic N) is 1. The van der Waals surface area contributed by atoms with Crippen molar-refractivity contribution >= 4 is 0 Å². The predicted octanol–water partition coefficient (Wildman–Crippen LogP) is 4.30. The van der Waals surface area contributed by atoms with Crippen LogP contribution in [0.4, 0.5) is 0 Å². The Balaban J connectivity index is 1.92. The van der Waals surface area contributed by atoms with Crippen molar-refractivity contribution in [2.24, 2.45) is 17.3 Å². The molecule has 124 valence electrons. The molecule has 2 saturated carbocycles. The fourth-order valence-electron chi connectivity index (χ4n) is 4.42. The normalized spacial score (nSPS) is 29.6. The molecule has 0 aromatic carbocycles. The molecule has 2 unspecified atom stereocenters. The summed E-state index contributed by atoms with van der Waals surface area (Å²) in [5.41, 5.74) is 0.466. The number of rotatable bonds is 8. The Morgan fingerprint density at radius 1 is 1.05 bits per heavy atom. The van der Waals surface area contributed by atoms with Gasteiger partial charge in [-0.2, -0.15) is 0 Å². The fourth-order valence-corrected chi connectivity index (χ4v) is 4.42. The minimum absolute atomic E-state index is 0.466. The molecule has 2 nitrogen and oxygen atoms in total. The van der Waals surface area contributed by atoms with Crippen molar-refractivity contribution in [3.63, 3.8) is 0 Å². The Morgan fingerprint density at radius 3 is 2.38 bits per heavy atom. The Hall–Kier alpha value is -0.0800. The molecule has 0 spiro atoms. The van der Waals surface area contributed by atoms with E-state index in [9.17, 15) is 0 Å². The third-order valence-corrected chi connectivity index (χ3v) is 6.00. The second-order valence-electron chi connectivity index (χ2n) is 8.22.